The Kier molecular flexibility index (Phi) is 6.49. The van der Waals surface area contributed by atoms with Crippen LogP contribution in [0, 0.1) is 0 Å². The van der Waals surface area contributed by atoms with Crippen LogP contribution >= 0.6 is 11.6 Å². The zero-order chi connectivity index (χ0) is 23.7. The van der Waals surface area contributed by atoms with Crippen molar-refractivity contribution in [1.82, 2.24) is 4.90 Å². The van der Waals surface area contributed by atoms with Gasteiger partial charge >= 0.3 is 0 Å². The Morgan fingerprint density at radius 2 is 1.88 bits per heavy atom. The number of rotatable bonds is 6. The van der Waals surface area contributed by atoms with Gasteiger partial charge in [0.1, 0.15) is 11.5 Å². The minimum Gasteiger partial charge on any atom is -0.507 e. The standard InChI is InChI=1S/C24H24ClNO7/c1-31-18-8-6-14(25)11-16(18)22(28)20-21(13-5-7-19(32-2)17(27)10-13)26(24(30)23(20)29)12-15-4-3-9-33-15/h5-8,10-11,15,21,27-28H,3-4,9,12H2,1-2H3/b22-20+. The second-order valence-corrected chi connectivity index (χ2v) is 8.30. The fraction of sp³-hybridized carbons (Fsp3) is 0.333. The van der Waals surface area contributed by atoms with Crippen LogP contribution in [-0.4, -0.2) is 60.3 Å². The molecular weight excluding hydrogens is 450 g/mol. The molecule has 2 N–H and O–H groups in total. The maximum absolute atomic E-state index is 13.2. The molecule has 0 aliphatic carbocycles. The minimum atomic E-state index is -0.949. The fourth-order valence-corrected chi connectivity index (χ4v) is 4.48. The number of nitrogens with zero attached hydrogens (tertiary/aromatic N) is 1. The van der Waals surface area contributed by atoms with Gasteiger partial charge in [-0.1, -0.05) is 17.7 Å². The molecule has 0 saturated carbocycles. The van der Waals surface area contributed by atoms with Crippen molar-refractivity contribution in [1.29, 1.82) is 0 Å². The number of methoxy groups -OCH3 is 2. The molecule has 2 aromatic carbocycles. The second kappa shape index (κ2) is 9.33. The van der Waals surface area contributed by atoms with Crippen molar-refractivity contribution >= 4 is 29.1 Å². The van der Waals surface area contributed by atoms with E-state index in [-0.39, 0.29) is 35.3 Å². The summed E-state index contributed by atoms with van der Waals surface area (Å²) < 4.78 is 16.1. The van der Waals surface area contributed by atoms with E-state index in [0.29, 0.717) is 22.9 Å². The number of carbonyl (C=O) groups excluding carboxylic acids is 2. The fourth-order valence-electron chi connectivity index (χ4n) is 4.31. The van der Waals surface area contributed by atoms with Crippen LogP contribution in [0.2, 0.25) is 5.02 Å². The predicted molar refractivity (Wildman–Crippen MR) is 121 cm³/mol. The average Bonchev–Trinajstić information content (AvgIpc) is 3.41. The lowest BCUT2D eigenvalue weighted by atomic mass is 9.94. The molecule has 174 valence electrons. The van der Waals surface area contributed by atoms with Crippen LogP contribution in [0.25, 0.3) is 5.76 Å². The number of amides is 1. The molecule has 33 heavy (non-hydrogen) atoms. The smallest absolute Gasteiger partial charge is 0.295 e. The molecular formula is C24H24ClNO7. The molecule has 0 bridgehead atoms. The van der Waals surface area contributed by atoms with E-state index in [1.54, 1.807) is 18.2 Å². The summed E-state index contributed by atoms with van der Waals surface area (Å²) in [7, 11) is 2.85. The summed E-state index contributed by atoms with van der Waals surface area (Å²) in [5.41, 5.74) is 0.499. The second-order valence-electron chi connectivity index (χ2n) is 7.86. The number of phenols is 1. The number of aliphatic hydroxyl groups excluding tert-OH is 1. The molecule has 2 aliphatic heterocycles. The maximum Gasteiger partial charge on any atom is 0.295 e. The lowest BCUT2D eigenvalue weighted by molar-refractivity contribution is -0.140. The average molecular weight is 474 g/mol. The number of benzene rings is 2. The summed E-state index contributed by atoms with van der Waals surface area (Å²) in [6.07, 6.45) is 1.40. The highest BCUT2D eigenvalue weighted by atomic mass is 35.5. The Balaban J connectivity index is 1.89. The number of halogens is 1. The highest BCUT2D eigenvalue weighted by Crippen LogP contribution is 2.43. The molecule has 2 fully saturated rings. The van der Waals surface area contributed by atoms with Crippen molar-refractivity contribution in [2.45, 2.75) is 25.0 Å². The van der Waals surface area contributed by atoms with Gasteiger partial charge in [-0.05, 0) is 48.7 Å². The van der Waals surface area contributed by atoms with Crippen LogP contribution in [0.15, 0.2) is 42.0 Å². The minimum absolute atomic E-state index is 0.122. The van der Waals surface area contributed by atoms with Gasteiger partial charge in [-0.15, -0.1) is 0 Å². The largest absolute Gasteiger partial charge is 0.507 e. The lowest BCUT2D eigenvalue weighted by Gasteiger charge is -2.27. The van der Waals surface area contributed by atoms with E-state index in [9.17, 15) is 19.8 Å². The highest BCUT2D eigenvalue weighted by Gasteiger charge is 2.47. The lowest BCUT2D eigenvalue weighted by Crippen LogP contribution is -2.36. The third-order valence-corrected chi connectivity index (χ3v) is 6.13. The Bertz CT molecular complexity index is 1120. The topological polar surface area (TPSA) is 106 Å². The van der Waals surface area contributed by atoms with Crippen LogP contribution in [0.3, 0.4) is 0 Å². The summed E-state index contributed by atoms with van der Waals surface area (Å²) >= 11 is 6.12. The molecule has 2 atom stereocenters. The van der Waals surface area contributed by atoms with Crippen molar-refractivity contribution in [2.24, 2.45) is 0 Å². The molecule has 2 aliphatic rings. The predicted octanol–water partition coefficient (Wildman–Crippen LogP) is 3.66. The van der Waals surface area contributed by atoms with Crippen molar-refractivity contribution in [3.63, 3.8) is 0 Å². The van der Waals surface area contributed by atoms with E-state index in [1.165, 1.54) is 37.3 Å². The summed E-state index contributed by atoms with van der Waals surface area (Å²) in [4.78, 5) is 27.6. The number of Topliss-reactive ketones (excluding diaryl/α,β-unsaturated/α-hetero) is 1. The van der Waals surface area contributed by atoms with E-state index < -0.39 is 23.5 Å². The van der Waals surface area contributed by atoms with Gasteiger partial charge in [0.05, 0.1) is 37.5 Å². The summed E-state index contributed by atoms with van der Waals surface area (Å²) in [5, 5.41) is 21.9. The SMILES string of the molecule is COc1ccc(C2/C(=C(\O)c3cc(Cl)ccc3OC)C(=O)C(=O)N2CC2CCCO2)cc1O. The Labute approximate surface area is 195 Å². The Morgan fingerprint density at radius 1 is 1.15 bits per heavy atom. The Morgan fingerprint density at radius 3 is 2.52 bits per heavy atom. The third kappa shape index (κ3) is 4.24. The normalized spacial score (nSPS) is 22.1. The first-order valence-corrected chi connectivity index (χ1v) is 10.8. The van der Waals surface area contributed by atoms with Crippen molar-refractivity contribution < 1.29 is 34.0 Å². The first-order chi connectivity index (χ1) is 15.8. The van der Waals surface area contributed by atoms with Gasteiger partial charge < -0.3 is 29.3 Å². The van der Waals surface area contributed by atoms with Gasteiger partial charge in [0.15, 0.2) is 11.5 Å². The van der Waals surface area contributed by atoms with Gasteiger partial charge in [-0.25, -0.2) is 0 Å². The monoisotopic (exact) mass is 473 g/mol. The number of carbonyl (C=O) groups is 2. The van der Waals surface area contributed by atoms with E-state index in [1.807, 2.05) is 0 Å². The van der Waals surface area contributed by atoms with E-state index in [2.05, 4.69) is 0 Å². The summed E-state index contributed by atoms with van der Waals surface area (Å²) in [6.45, 7) is 0.758. The molecule has 8 nitrogen and oxygen atoms in total. The zero-order valence-electron chi connectivity index (χ0n) is 18.2. The molecule has 2 unspecified atom stereocenters. The number of aromatic hydroxyl groups is 1. The van der Waals surface area contributed by atoms with Gasteiger partial charge in [0.2, 0.25) is 0 Å². The molecule has 2 heterocycles. The number of ketones is 1. The summed E-state index contributed by atoms with van der Waals surface area (Å²) in [6, 6.07) is 8.26. The molecule has 4 rings (SSSR count). The molecule has 9 heteroatoms. The third-order valence-electron chi connectivity index (χ3n) is 5.90. The van der Waals surface area contributed by atoms with Crippen LogP contribution in [0.1, 0.15) is 30.0 Å². The van der Waals surface area contributed by atoms with Crippen molar-refractivity contribution in [3.05, 3.63) is 58.1 Å². The van der Waals surface area contributed by atoms with Gasteiger partial charge in [-0.3, -0.25) is 9.59 Å². The van der Waals surface area contributed by atoms with Gasteiger partial charge in [0.25, 0.3) is 11.7 Å². The number of hydrogen-bond acceptors (Lipinski definition) is 7. The van der Waals surface area contributed by atoms with Crippen LogP contribution in [0.5, 0.6) is 17.2 Å². The summed E-state index contributed by atoms with van der Waals surface area (Å²) in [5.74, 6) is -1.63. The van der Waals surface area contributed by atoms with Crippen LogP contribution in [0.4, 0.5) is 0 Å². The van der Waals surface area contributed by atoms with Crippen LogP contribution < -0.4 is 9.47 Å². The molecule has 1 amide bonds. The highest BCUT2D eigenvalue weighted by molar-refractivity contribution is 6.46. The van der Waals surface area contributed by atoms with E-state index >= 15 is 0 Å². The molecule has 0 spiro atoms. The first kappa shape index (κ1) is 22.9. The number of ether oxygens (including phenoxy) is 3. The van der Waals surface area contributed by atoms with Gasteiger partial charge in [0, 0.05) is 18.2 Å². The number of phenolic OH excluding ortho intramolecular Hbond substituents is 1. The quantitative estimate of drug-likeness (QED) is 0.374. The van der Waals surface area contributed by atoms with Crippen molar-refractivity contribution in [3.8, 4) is 17.2 Å². The number of likely N-dealkylation sites (tertiary alicyclic amines) is 1. The Hall–Kier alpha value is -3.23. The molecule has 2 saturated heterocycles. The first-order valence-electron chi connectivity index (χ1n) is 10.5. The molecule has 2 aromatic rings. The molecule has 0 aromatic heterocycles. The number of aliphatic hydroxyl groups is 1. The maximum atomic E-state index is 13.2. The zero-order valence-corrected chi connectivity index (χ0v) is 19.0. The van der Waals surface area contributed by atoms with Crippen molar-refractivity contribution in [2.75, 3.05) is 27.4 Å². The molecule has 0 radical (unpaired) electrons. The number of hydrogen-bond donors (Lipinski definition) is 2. The van der Waals surface area contributed by atoms with E-state index in [0.717, 1.165) is 12.8 Å². The van der Waals surface area contributed by atoms with Crippen LogP contribution in [-0.2, 0) is 14.3 Å². The van der Waals surface area contributed by atoms with Gasteiger partial charge in [-0.2, -0.15) is 0 Å². The van der Waals surface area contributed by atoms with E-state index in [4.69, 9.17) is 25.8 Å².